The molecule has 42 heavy (non-hydrogen) atoms. The van der Waals surface area contributed by atoms with Crippen molar-refractivity contribution in [3.05, 3.63) is 95.7 Å². The van der Waals surface area contributed by atoms with E-state index in [1.54, 1.807) is 18.2 Å². The van der Waals surface area contributed by atoms with E-state index >= 15 is 0 Å². The van der Waals surface area contributed by atoms with E-state index in [-0.39, 0.29) is 12.3 Å². The van der Waals surface area contributed by atoms with Gasteiger partial charge in [-0.05, 0) is 86.7 Å². The summed E-state index contributed by atoms with van der Waals surface area (Å²) >= 11 is 0. The van der Waals surface area contributed by atoms with Gasteiger partial charge in [-0.1, -0.05) is 36.4 Å². The molecule has 216 valence electrons. The van der Waals surface area contributed by atoms with Gasteiger partial charge in [-0.15, -0.1) is 0 Å². The van der Waals surface area contributed by atoms with Crippen molar-refractivity contribution in [3.8, 4) is 28.1 Å². The summed E-state index contributed by atoms with van der Waals surface area (Å²) in [6.45, 7) is 6.66. The summed E-state index contributed by atoms with van der Waals surface area (Å²) in [5, 5.41) is 6.18. The van der Waals surface area contributed by atoms with Crippen LogP contribution in [0.4, 0.5) is 16.2 Å². The van der Waals surface area contributed by atoms with E-state index in [0.717, 1.165) is 41.8 Å². The Kier molecular flexibility index (Phi) is 8.43. The van der Waals surface area contributed by atoms with Crippen LogP contribution in [0.2, 0.25) is 0 Å². The molecule has 0 saturated carbocycles. The Labute approximate surface area is 246 Å². The topological polar surface area (TPSA) is 98.8 Å². The number of nitrogens with one attached hydrogen (secondary N) is 2. The highest BCUT2D eigenvalue weighted by Crippen LogP contribution is 2.31. The molecule has 0 saturated heterocycles. The maximum absolute atomic E-state index is 12.8. The SMILES string of the molecule is COC(=O)c1nc(-c2ccc3c(c2)NCCC3)ccc1-c1cccc(COc2cccc(NC(=O)OC(C)(C)C)c2)c1. The molecule has 0 atom stereocenters. The number of fused-ring (bicyclic) bond motifs is 1. The molecule has 0 bridgehead atoms. The molecule has 0 unspecified atom stereocenters. The summed E-state index contributed by atoms with van der Waals surface area (Å²) in [6.07, 6.45) is 1.64. The number of nitrogens with zero attached hydrogens (tertiary/aromatic N) is 1. The van der Waals surface area contributed by atoms with Gasteiger partial charge in [-0.3, -0.25) is 5.32 Å². The lowest BCUT2D eigenvalue weighted by Crippen LogP contribution is -2.27. The normalized spacial score (nSPS) is 12.5. The molecule has 3 aromatic carbocycles. The van der Waals surface area contributed by atoms with E-state index in [1.165, 1.54) is 12.7 Å². The number of aromatic nitrogens is 1. The molecular formula is C34H35N3O5. The molecule has 8 nitrogen and oxygen atoms in total. The molecule has 2 N–H and O–H groups in total. The van der Waals surface area contributed by atoms with Gasteiger partial charge in [-0.25, -0.2) is 14.6 Å². The summed E-state index contributed by atoms with van der Waals surface area (Å²) in [5.41, 5.74) is 6.67. The molecule has 0 fully saturated rings. The fourth-order valence-corrected chi connectivity index (χ4v) is 4.81. The van der Waals surface area contributed by atoms with Gasteiger partial charge in [0.15, 0.2) is 5.69 Å². The van der Waals surface area contributed by atoms with Crippen molar-refractivity contribution >= 4 is 23.4 Å². The Balaban J connectivity index is 1.34. The van der Waals surface area contributed by atoms with E-state index in [4.69, 9.17) is 19.2 Å². The first kappa shape index (κ1) is 28.7. The van der Waals surface area contributed by atoms with Crippen LogP contribution in [-0.2, 0) is 22.5 Å². The van der Waals surface area contributed by atoms with Gasteiger partial charge in [0.1, 0.15) is 18.0 Å². The monoisotopic (exact) mass is 565 g/mol. The third-order valence-corrected chi connectivity index (χ3v) is 6.74. The number of pyridine rings is 1. The molecule has 1 aromatic heterocycles. The van der Waals surface area contributed by atoms with Crippen molar-refractivity contribution in [3.63, 3.8) is 0 Å². The zero-order chi connectivity index (χ0) is 29.7. The number of amides is 1. The minimum absolute atomic E-state index is 0.250. The van der Waals surface area contributed by atoms with Gasteiger partial charge < -0.3 is 19.5 Å². The Morgan fingerprint density at radius 2 is 1.79 bits per heavy atom. The Hall–Kier alpha value is -4.85. The second-order valence-electron chi connectivity index (χ2n) is 11.1. The number of carbonyl (C=O) groups is 2. The quantitative estimate of drug-likeness (QED) is 0.224. The van der Waals surface area contributed by atoms with Crippen LogP contribution in [0.25, 0.3) is 22.4 Å². The van der Waals surface area contributed by atoms with Crippen LogP contribution in [0.5, 0.6) is 5.75 Å². The molecular weight excluding hydrogens is 530 g/mol. The molecule has 1 amide bonds. The number of esters is 1. The van der Waals surface area contributed by atoms with Crippen LogP contribution < -0.4 is 15.4 Å². The Morgan fingerprint density at radius 3 is 2.60 bits per heavy atom. The fraction of sp³-hybridized carbons (Fsp3) is 0.265. The number of anilines is 2. The standard InChI is InChI=1S/C34H35N3O5/c1-34(2,3)42-33(39)36-26-11-6-12-27(20-26)41-21-22-8-5-9-24(18-22)28-15-16-29(37-31(28)32(38)40-4)25-14-13-23-10-7-17-35-30(23)19-25/h5-6,8-9,11-16,18-20,35H,7,10,17,21H2,1-4H3,(H,36,39). The van der Waals surface area contributed by atoms with Crippen molar-refractivity contribution in [1.29, 1.82) is 0 Å². The number of carbonyl (C=O) groups excluding carboxylic acids is 2. The predicted octanol–water partition coefficient (Wildman–Crippen LogP) is 7.49. The number of aryl methyl sites for hydroxylation is 1. The number of ether oxygens (including phenoxy) is 3. The lowest BCUT2D eigenvalue weighted by Gasteiger charge is -2.19. The third-order valence-electron chi connectivity index (χ3n) is 6.74. The highest BCUT2D eigenvalue weighted by atomic mass is 16.6. The van der Waals surface area contributed by atoms with Crippen molar-refractivity contribution in [2.45, 2.75) is 45.8 Å². The predicted molar refractivity (Wildman–Crippen MR) is 164 cm³/mol. The van der Waals surface area contributed by atoms with Crippen molar-refractivity contribution in [2.75, 3.05) is 24.3 Å². The molecule has 0 spiro atoms. The lowest BCUT2D eigenvalue weighted by molar-refractivity contribution is 0.0593. The summed E-state index contributed by atoms with van der Waals surface area (Å²) < 4.78 is 16.4. The minimum Gasteiger partial charge on any atom is -0.489 e. The van der Waals surface area contributed by atoms with Crippen molar-refractivity contribution < 1.29 is 23.8 Å². The van der Waals surface area contributed by atoms with E-state index in [9.17, 15) is 9.59 Å². The van der Waals surface area contributed by atoms with Crippen molar-refractivity contribution in [1.82, 2.24) is 4.98 Å². The van der Waals surface area contributed by atoms with E-state index in [2.05, 4.69) is 22.8 Å². The average molecular weight is 566 g/mol. The largest absolute Gasteiger partial charge is 0.489 e. The number of benzene rings is 3. The zero-order valence-electron chi connectivity index (χ0n) is 24.3. The Bertz CT molecular complexity index is 1610. The second kappa shape index (κ2) is 12.3. The smallest absolute Gasteiger partial charge is 0.412 e. The van der Waals surface area contributed by atoms with Crippen LogP contribution in [0.3, 0.4) is 0 Å². The first-order chi connectivity index (χ1) is 20.2. The number of methoxy groups -OCH3 is 1. The molecule has 2 heterocycles. The molecule has 4 aromatic rings. The summed E-state index contributed by atoms with van der Waals surface area (Å²) in [5.74, 6) is 0.0914. The maximum atomic E-state index is 12.8. The minimum atomic E-state index is -0.592. The summed E-state index contributed by atoms with van der Waals surface area (Å²) in [7, 11) is 1.36. The van der Waals surface area contributed by atoms with Crippen LogP contribution >= 0.6 is 0 Å². The molecule has 1 aliphatic rings. The van der Waals surface area contributed by atoms with Crippen LogP contribution in [0.1, 0.15) is 48.8 Å². The number of hydrogen-bond donors (Lipinski definition) is 2. The third kappa shape index (κ3) is 7.07. The van der Waals surface area contributed by atoms with Gasteiger partial charge in [0.05, 0.1) is 12.8 Å². The summed E-state index contributed by atoms with van der Waals surface area (Å²) in [6, 6.07) is 25.0. The average Bonchev–Trinajstić information content (AvgIpc) is 2.98. The van der Waals surface area contributed by atoms with Gasteiger partial charge in [0.2, 0.25) is 0 Å². The van der Waals surface area contributed by atoms with Crippen LogP contribution in [0.15, 0.2) is 78.9 Å². The zero-order valence-corrected chi connectivity index (χ0v) is 24.3. The lowest BCUT2D eigenvalue weighted by atomic mass is 9.98. The molecule has 0 aliphatic carbocycles. The fourth-order valence-electron chi connectivity index (χ4n) is 4.81. The van der Waals surface area contributed by atoms with Gasteiger partial charge in [0.25, 0.3) is 0 Å². The maximum Gasteiger partial charge on any atom is 0.412 e. The van der Waals surface area contributed by atoms with E-state index in [0.29, 0.717) is 22.7 Å². The first-order valence-corrected chi connectivity index (χ1v) is 14.0. The molecule has 1 aliphatic heterocycles. The van der Waals surface area contributed by atoms with Crippen LogP contribution in [-0.4, -0.2) is 36.3 Å². The molecule has 5 rings (SSSR count). The summed E-state index contributed by atoms with van der Waals surface area (Å²) in [4.78, 5) is 29.7. The van der Waals surface area contributed by atoms with Gasteiger partial charge in [-0.2, -0.15) is 0 Å². The Morgan fingerprint density at radius 1 is 0.952 bits per heavy atom. The second-order valence-corrected chi connectivity index (χ2v) is 11.1. The van der Waals surface area contributed by atoms with Crippen LogP contribution in [0, 0.1) is 0 Å². The van der Waals surface area contributed by atoms with Gasteiger partial charge in [0, 0.05) is 35.1 Å². The van der Waals surface area contributed by atoms with E-state index < -0.39 is 17.7 Å². The first-order valence-electron chi connectivity index (χ1n) is 14.0. The molecule has 8 heteroatoms. The van der Waals surface area contributed by atoms with E-state index in [1.807, 2.05) is 69.3 Å². The number of hydrogen-bond acceptors (Lipinski definition) is 7. The van der Waals surface area contributed by atoms with Gasteiger partial charge >= 0.3 is 12.1 Å². The van der Waals surface area contributed by atoms with Crippen molar-refractivity contribution in [2.24, 2.45) is 0 Å². The highest BCUT2D eigenvalue weighted by molar-refractivity contribution is 5.96. The molecule has 0 radical (unpaired) electrons. The highest BCUT2D eigenvalue weighted by Gasteiger charge is 2.19. The number of rotatable bonds is 7.